The van der Waals surface area contributed by atoms with E-state index >= 15 is 0 Å². The lowest BCUT2D eigenvalue weighted by Gasteiger charge is -2.07. The molecule has 0 heterocycles. The first-order chi connectivity index (χ1) is 14.7. The van der Waals surface area contributed by atoms with Crippen molar-refractivity contribution < 1.29 is 34.0 Å². The Morgan fingerprint density at radius 2 is 1.20 bits per heavy atom. The molecule has 2 rings (SSSR count). The lowest BCUT2D eigenvalue weighted by Crippen LogP contribution is -2.09. The van der Waals surface area contributed by atoms with Crippen molar-refractivity contribution in [3.63, 3.8) is 0 Å². The molecule has 2 N–H and O–H groups in total. The molecule has 0 aromatic heterocycles. The molecule has 30 heavy (non-hydrogen) atoms. The van der Waals surface area contributed by atoms with E-state index in [1.165, 1.54) is 6.08 Å². The van der Waals surface area contributed by atoms with Crippen molar-refractivity contribution in [1.29, 1.82) is 0 Å². The van der Waals surface area contributed by atoms with Crippen LogP contribution in [0, 0.1) is 0 Å². The molecule has 0 aliphatic heterocycles. The second-order valence-corrected chi connectivity index (χ2v) is 6.16. The SMILES string of the molecule is O=C(C=Cc1ccc(OCCOCCO)cc1)c1ccc(OCCOCCO)cc1. The highest BCUT2D eigenvalue weighted by molar-refractivity contribution is 6.06. The van der Waals surface area contributed by atoms with Crippen LogP contribution in [-0.2, 0) is 9.47 Å². The fourth-order valence-corrected chi connectivity index (χ4v) is 2.43. The molecule has 0 bridgehead atoms. The maximum Gasteiger partial charge on any atom is 0.185 e. The number of hydrogen-bond acceptors (Lipinski definition) is 7. The molecular weight excluding hydrogens is 388 g/mol. The first-order valence-corrected chi connectivity index (χ1v) is 9.78. The van der Waals surface area contributed by atoms with Gasteiger partial charge in [-0.25, -0.2) is 0 Å². The van der Waals surface area contributed by atoms with Crippen LogP contribution in [0.15, 0.2) is 54.6 Å². The van der Waals surface area contributed by atoms with Crippen LogP contribution < -0.4 is 9.47 Å². The molecule has 0 aliphatic rings. The predicted octanol–water partition coefficient (Wildman–Crippen LogP) is 2.36. The standard InChI is InChI=1S/C23H28O7/c24-11-13-27-15-17-29-21-6-1-19(2-7-21)3-10-23(26)20-4-8-22(9-5-20)30-18-16-28-14-12-25/h1-10,24-25H,11-18H2. The topological polar surface area (TPSA) is 94.5 Å². The third kappa shape index (κ3) is 9.19. The van der Waals surface area contributed by atoms with E-state index in [0.717, 1.165) is 5.56 Å². The third-order valence-electron chi connectivity index (χ3n) is 3.91. The molecule has 0 spiro atoms. The van der Waals surface area contributed by atoms with Gasteiger partial charge in [-0.3, -0.25) is 4.79 Å². The Balaban J connectivity index is 1.76. The summed E-state index contributed by atoms with van der Waals surface area (Å²) < 4.78 is 21.3. The van der Waals surface area contributed by atoms with E-state index in [-0.39, 0.29) is 19.0 Å². The van der Waals surface area contributed by atoms with Gasteiger partial charge in [0.1, 0.15) is 24.7 Å². The van der Waals surface area contributed by atoms with Crippen molar-refractivity contribution in [2.75, 3.05) is 52.9 Å². The van der Waals surface area contributed by atoms with Gasteiger partial charge < -0.3 is 29.2 Å². The van der Waals surface area contributed by atoms with Gasteiger partial charge in [0.15, 0.2) is 5.78 Å². The summed E-state index contributed by atoms with van der Waals surface area (Å²) in [5.74, 6) is 1.26. The Morgan fingerprint density at radius 3 is 1.70 bits per heavy atom. The quantitative estimate of drug-likeness (QED) is 0.261. The molecule has 0 radical (unpaired) electrons. The smallest absolute Gasteiger partial charge is 0.185 e. The average molecular weight is 416 g/mol. The zero-order chi connectivity index (χ0) is 21.4. The van der Waals surface area contributed by atoms with Crippen LogP contribution in [0.1, 0.15) is 15.9 Å². The van der Waals surface area contributed by atoms with E-state index in [9.17, 15) is 4.79 Å². The van der Waals surface area contributed by atoms with Crippen molar-refractivity contribution in [2.24, 2.45) is 0 Å². The van der Waals surface area contributed by atoms with Crippen LogP contribution in [-0.4, -0.2) is 68.9 Å². The minimum Gasteiger partial charge on any atom is -0.491 e. The van der Waals surface area contributed by atoms with Gasteiger partial charge in [-0.05, 0) is 48.0 Å². The Hall–Kier alpha value is -2.71. The average Bonchev–Trinajstić information content (AvgIpc) is 2.78. The fraction of sp³-hybridized carbons (Fsp3) is 0.348. The molecule has 0 fully saturated rings. The summed E-state index contributed by atoms with van der Waals surface area (Å²) in [5.41, 5.74) is 1.45. The molecule has 0 amide bonds. The maximum absolute atomic E-state index is 12.3. The van der Waals surface area contributed by atoms with Crippen LogP contribution in [0.5, 0.6) is 11.5 Å². The number of ketones is 1. The summed E-state index contributed by atoms with van der Waals surface area (Å²) in [4.78, 5) is 12.3. The highest BCUT2D eigenvalue weighted by Gasteiger charge is 2.03. The summed E-state index contributed by atoms with van der Waals surface area (Å²) in [6.07, 6.45) is 3.27. The van der Waals surface area contributed by atoms with Crippen molar-refractivity contribution in [2.45, 2.75) is 0 Å². The van der Waals surface area contributed by atoms with E-state index in [1.54, 1.807) is 30.3 Å². The monoisotopic (exact) mass is 416 g/mol. The van der Waals surface area contributed by atoms with E-state index in [1.807, 2.05) is 24.3 Å². The molecule has 0 unspecified atom stereocenters. The third-order valence-corrected chi connectivity index (χ3v) is 3.91. The molecule has 162 valence electrons. The van der Waals surface area contributed by atoms with Crippen molar-refractivity contribution in [3.8, 4) is 11.5 Å². The number of allylic oxidation sites excluding steroid dienone is 1. The van der Waals surface area contributed by atoms with Crippen LogP contribution in [0.25, 0.3) is 6.08 Å². The highest BCUT2D eigenvalue weighted by Crippen LogP contribution is 2.15. The predicted molar refractivity (Wildman–Crippen MR) is 113 cm³/mol. The number of rotatable bonds is 15. The van der Waals surface area contributed by atoms with Gasteiger partial charge in [0.2, 0.25) is 0 Å². The van der Waals surface area contributed by atoms with Gasteiger partial charge in [-0.15, -0.1) is 0 Å². The zero-order valence-corrected chi connectivity index (χ0v) is 16.9. The maximum atomic E-state index is 12.3. The number of aliphatic hydroxyl groups is 2. The Morgan fingerprint density at radius 1 is 0.700 bits per heavy atom. The van der Waals surface area contributed by atoms with Crippen LogP contribution in [0.2, 0.25) is 0 Å². The van der Waals surface area contributed by atoms with Crippen LogP contribution in [0.4, 0.5) is 0 Å². The summed E-state index contributed by atoms with van der Waals surface area (Å²) in [6, 6.07) is 14.3. The number of carbonyl (C=O) groups excluding carboxylic acids is 1. The normalized spacial score (nSPS) is 11.0. The van der Waals surface area contributed by atoms with Crippen molar-refractivity contribution in [1.82, 2.24) is 0 Å². The lowest BCUT2D eigenvalue weighted by molar-refractivity contribution is 0.0705. The Kier molecular flexibility index (Phi) is 11.2. The van der Waals surface area contributed by atoms with Gasteiger partial charge in [-0.2, -0.15) is 0 Å². The molecule has 0 saturated carbocycles. The highest BCUT2D eigenvalue weighted by atomic mass is 16.5. The molecule has 7 nitrogen and oxygen atoms in total. The number of carbonyl (C=O) groups is 1. The molecule has 7 heteroatoms. The van der Waals surface area contributed by atoms with Gasteiger partial charge in [-0.1, -0.05) is 18.2 Å². The first kappa shape index (κ1) is 23.6. The molecule has 2 aromatic carbocycles. The Bertz CT molecular complexity index is 754. The molecule has 0 aliphatic carbocycles. The number of ether oxygens (including phenoxy) is 4. The van der Waals surface area contributed by atoms with Gasteiger partial charge in [0, 0.05) is 5.56 Å². The largest absolute Gasteiger partial charge is 0.491 e. The van der Waals surface area contributed by atoms with Gasteiger partial charge in [0.25, 0.3) is 0 Å². The summed E-state index contributed by atoms with van der Waals surface area (Å²) >= 11 is 0. The van der Waals surface area contributed by atoms with E-state index in [4.69, 9.17) is 29.2 Å². The second kappa shape index (κ2) is 14.3. The van der Waals surface area contributed by atoms with Crippen LogP contribution >= 0.6 is 0 Å². The Labute approximate surface area is 176 Å². The van der Waals surface area contributed by atoms with E-state index in [0.29, 0.717) is 56.7 Å². The summed E-state index contributed by atoms with van der Waals surface area (Å²) in [6.45, 7) is 2.18. The van der Waals surface area contributed by atoms with E-state index < -0.39 is 0 Å². The second-order valence-electron chi connectivity index (χ2n) is 6.16. The molecule has 2 aromatic rings. The molecule has 0 atom stereocenters. The number of aliphatic hydroxyl groups excluding tert-OH is 2. The van der Waals surface area contributed by atoms with Gasteiger partial charge >= 0.3 is 0 Å². The number of benzene rings is 2. The number of hydrogen-bond donors (Lipinski definition) is 2. The van der Waals surface area contributed by atoms with Crippen LogP contribution in [0.3, 0.4) is 0 Å². The van der Waals surface area contributed by atoms with Crippen molar-refractivity contribution >= 4 is 11.9 Å². The fourth-order valence-electron chi connectivity index (χ4n) is 2.43. The molecular formula is C23H28O7. The lowest BCUT2D eigenvalue weighted by atomic mass is 10.1. The van der Waals surface area contributed by atoms with E-state index in [2.05, 4.69) is 0 Å². The molecule has 0 saturated heterocycles. The summed E-state index contributed by atoms with van der Waals surface area (Å²) in [7, 11) is 0. The first-order valence-electron chi connectivity index (χ1n) is 9.78. The minimum atomic E-state index is -0.103. The summed E-state index contributed by atoms with van der Waals surface area (Å²) in [5, 5.41) is 17.3. The van der Waals surface area contributed by atoms with Crippen molar-refractivity contribution in [3.05, 3.63) is 65.7 Å². The minimum absolute atomic E-state index is 0.000767. The zero-order valence-electron chi connectivity index (χ0n) is 16.9. The van der Waals surface area contributed by atoms with Gasteiger partial charge in [0.05, 0.1) is 39.6 Å².